The van der Waals surface area contributed by atoms with Crippen molar-refractivity contribution in [2.75, 3.05) is 19.5 Å². The number of hydrogen-bond acceptors (Lipinski definition) is 5. The molecular formula is C20H18F3N3O3S. The number of benzene rings is 2. The standard InChI is InChI=1S/C20H18F3N3O3S/c1-30-16-8-4-14(5-9-16)26-17(12-18(25-26)20(21,22)23)13-2-6-15(7-3-13)28-10-11-29-19(24)27/h2-9,12H,10-11H2,1H3,(H2,24,27). The van der Waals surface area contributed by atoms with Crippen molar-refractivity contribution in [1.29, 1.82) is 0 Å². The highest BCUT2D eigenvalue weighted by Gasteiger charge is 2.35. The van der Waals surface area contributed by atoms with Gasteiger partial charge < -0.3 is 15.2 Å². The fourth-order valence-corrected chi connectivity index (χ4v) is 3.08. The van der Waals surface area contributed by atoms with Crippen LogP contribution in [-0.4, -0.2) is 35.3 Å². The maximum absolute atomic E-state index is 13.3. The number of aromatic nitrogens is 2. The average molecular weight is 437 g/mol. The van der Waals surface area contributed by atoms with Crippen LogP contribution in [0, 0.1) is 0 Å². The van der Waals surface area contributed by atoms with Crippen molar-refractivity contribution in [3.8, 4) is 22.7 Å². The normalized spacial score (nSPS) is 11.3. The first-order valence-corrected chi connectivity index (χ1v) is 9.97. The second-order valence-corrected chi connectivity index (χ2v) is 6.94. The molecular weight excluding hydrogens is 419 g/mol. The quantitative estimate of drug-likeness (QED) is 0.426. The molecule has 0 radical (unpaired) electrons. The number of carbonyl (C=O) groups is 1. The van der Waals surface area contributed by atoms with E-state index < -0.39 is 18.0 Å². The number of thioether (sulfide) groups is 1. The lowest BCUT2D eigenvalue weighted by atomic mass is 10.1. The topological polar surface area (TPSA) is 79.4 Å². The molecule has 2 aromatic carbocycles. The number of ether oxygens (including phenoxy) is 2. The predicted molar refractivity (Wildman–Crippen MR) is 107 cm³/mol. The number of primary amides is 1. The van der Waals surface area contributed by atoms with E-state index in [2.05, 4.69) is 9.84 Å². The summed E-state index contributed by atoms with van der Waals surface area (Å²) < 4.78 is 51.1. The van der Waals surface area contributed by atoms with Gasteiger partial charge in [-0.3, -0.25) is 0 Å². The Morgan fingerprint density at radius 2 is 1.77 bits per heavy atom. The third-order valence-electron chi connectivity index (χ3n) is 4.06. The van der Waals surface area contributed by atoms with Gasteiger partial charge in [0.25, 0.3) is 0 Å². The van der Waals surface area contributed by atoms with Gasteiger partial charge in [-0.2, -0.15) is 18.3 Å². The number of carbonyl (C=O) groups excluding carboxylic acids is 1. The Balaban J connectivity index is 1.88. The third-order valence-corrected chi connectivity index (χ3v) is 4.81. The number of nitrogens with zero attached hydrogens (tertiary/aromatic N) is 2. The number of nitrogens with two attached hydrogens (primary N) is 1. The van der Waals surface area contributed by atoms with Crippen molar-refractivity contribution in [2.45, 2.75) is 11.1 Å². The molecule has 0 atom stereocenters. The van der Waals surface area contributed by atoms with E-state index in [1.807, 2.05) is 18.4 Å². The lowest BCUT2D eigenvalue weighted by molar-refractivity contribution is -0.141. The summed E-state index contributed by atoms with van der Waals surface area (Å²) in [4.78, 5) is 11.5. The van der Waals surface area contributed by atoms with Crippen LogP contribution in [0.15, 0.2) is 59.5 Å². The molecule has 0 spiro atoms. The Bertz CT molecular complexity index is 1000. The molecule has 30 heavy (non-hydrogen) atoms. The van der Waals surface area contributed by atoms with Gasteiger partial charge in [-0.25, -0.2) is 9.48 Å². The molecule has 0 bridgehead atoms. The maximum atomic E-state index is 13.3. The summed E-state index contributed by atoms with van der Waals surface area (Å²) in [6, 6.07) is 14.6. The van der Waals surface area contributed by atoms with Crippen LogP contribution in [0.1, 0.15) is 5.69 Å². The van der Waals surface area contributed by atoms with Gasteiger partial charge in [-0.1, -0.05) is 0 Å². The van der Waals surface area contributed by atoms with E-state index in [0.717, 1.165) is 11.0 Å². The van der Waals surface area contributed by atoms with Crippen LogP contribution in [0.3, 0.4) is 0 Å². The Kier molecular flexibility index (Phi) is 6.56. The molecule has 6 nitrogen and oxygen atoms in total. The highest BCUT2D eigenvalue weighted by Crippen LogP contribution is 2.34. The van der Waals surface area contributed by atoms with E-state index in [9.17, 15) is 18.0 Å². The van der Waals surface area contributed by atoms with E-state index in [4.69, 9.17) is 10.5 Å². The zero-order valence-corrected chi connectivity index (χ0v) is 16.7. The molecule has 0 unspecified atom stereocenters. The first-order chi connectivity index (χ1) is 14.3. The van der Waals surface area contributed by atoms with Crippen molar-refractivity contribution in [2.24, 2.45) is 5.73 Å². The molecule has 10 heteroatoms. The van der Waals surface area contributed by atoms with Crippen LogP contribution in [0.4, 0.5) is 18.0 Å². The van der Waals surface area contributed by atoms with Crippen LogP contribution >= 0.6 is 11.8 Å². The zero-order valence-electron chi connectivity index (χ0n) is 15.8. The Morgan fingerprint density at radius 1 is 1.10 bits per heavy atom. The fraction of sp³-hybridized carbons (Fsp3) is 0.200. The van der Waals surface area contributed by atoms with Gasteiger partial charge in [0.2, 0.25) is 0 Å². The summed E-state index contributed by atoms with van der Waals surface area (Å²) >= 11 is 1.54. The van der Waals surface area contributed by atoms with Crippen molar-refractivity contribution in [3.05, 3.63) is 60.3 Å². The summed E-state index contributed by atoms with van der Waals surface area (Å²) in [5.41, 5.74) is 5.23. The van der Waals surface area contributed by atoms with Gasteiger partial charge in [0.1, 0.15) is 19.0 Å². The molecule has 0 aliphatic heterocycles. The second kappa shape index (κ2) is 9.12. The summed E-state index contributed by atoms with van der Waals surface area (Å²) in [5, 5.41) is 3.78. The minimum absolute atomic E-state index is 0.00909. The average Bonchev–Trinajstić information content (AvgIpc) is 3.17. The van der Waals surface area contributed by atoms with E-state index in [1.54, 1.807) is 36.4 Å². The minimum Gasteiger partial charge on any atom is -0.490 e. The minimum atomic E-state index is -4.57. The lowest BCUT2D eigenvalue weighted by Gasteiger charge is -2.10. The maximum Gasteiger partial charge on any atom is 0.435 e. The summed E-state index contributed by atoms with van der Waals surface area (Å²) in [6.07, 6.45) is -3.55. The molecule has 0 fully saturated rings. The van der Waals surface area contributed by atoms with E-state index in [-0.39, 0.29) is 13.2 Å². The molecule has 158 valence electrons. The third kappa shape index (κ3) is 5.26. The molecule has 3 aromatic rings. The first-order valence-electron chi connectivity index (χ1n) is 8.75. The number of hydrogen-bond donors (Lipinski definition) is 1. The van der Waals surface area contributed by atoms with Gasteiger partial charge in [0, 0.05) is 10.5 Å². The summed E-state index contributed by atoms with van der Waals surface area (Å²) in [6.45, 7) is 0.0884. The van der Waals surface area contributed by atoms with Crippen LogP contribution in [0.5, 0.6) is 5.75 Å². The Hall–Kier alpha value is -3.14. The summed E-state index contributed by atoms with van der Waals surface area (Å²) in [5.74, 6) is 0.471. The summed E-state index contributed by atoms with van der Waals surface area (Å²) in [7, 11) is 0. The van der Waals surface area contributed by atoms with Gasteiger partial charge >= 0.3 is 12.3 Å². The van der Waals surface area contributed by atoms with Crippen molar-refractivity contribution < 1.29 is 27.4 Å². The molecule has 1 amide bonds. The highest BCUT2D eigenvalue weighted by molar-refractivity contribution is 7.98. The number of amides is 1. The second-order valence-electron chi connectivity index (χ2n) is 6.06. The van der Waals surface area contributed by atoms with Crippen molar-refractivity contribution in [3.63, 3.8) is 0 Å². The SMILES string of the molecule is CSc1ccc(-n2nc(C(F)(F)F)cc2-c2ccc(OCCOC(N)=O)cc2)cc1. The van der Waals surface area contributed by atoms with Gasteiger partial charge in [-0.15, -0.1) is 11.8 Å². The monoisotopic (exact) mass is 437 g/mol. The van der Waals surface area contributed by atoms with E-state index >= 15 is 0 Å². The molecule has 0 aliphatic rings. The van der Waals surface area contributed by atoms with Crippen LogP contribution < -0.4 is 10.5 Å². The number of rotatable bonds is 7. The largest absolute Gasteiger partial charge is 0.490 e. The Morgan fingerprint density at radius 3 is 2.33 bits per heavy atom. The van der Waals surface area contributed by atoms with Gasteiger partial charge in [0.15, 0.2) is 5.69 Å². The molecule has 1 aromatic heterocycles. The zero-order chi connectivity index (χ0) is 21.7. The van der Waals surface area contributed by atoms with E-state index in [1.165, 1.54) is 16.4 Å². The molecule has 0 aliphatic carbocycles. The highest BCUT2D eigenvalue weighted by atomic mass is 32.2. The molecule has 0 saturated heterocycles. The van der Waals surface area contributed by atoms with Crippen LogP contribution in [0.2, 0.25) is 0 Å². The Labute approximate surface area is 174 Å². The van der Waals surface area contributed by atoms with Crippen LogP contribution in [-0.2, 0) is 10.9 Å². The predicted octanol–water partition coefficient (Wildman–Crippen LogP) is 4.75. The first kappa shape index (κ1) is 21.6. The van der Waals surface area contributed by atoms with E-state index in [0.29, 0.717) is 22.7 Å². The molecule has 0 saturated carbocycles. The fourth-order valence-electron chi connectivity index (χ4n) is 2.67. The van der Waals surface area contributed by atoms with Gasteiger partial charge in [-0.05, 0) is 60.9 Å². The number of halogens is 3. The van der Waals surface area contributed by atoms with Crippen molar-refractivity contribution >= 4 is 17.9 Å². The molecule has 3 rings (SSSR count). The lowest BCUT2D eigenvalue weighted by Crippen LogP contribution is -2.17. The molecule has 1 heterocycles. The smallest absolute Gasteiger partial charge is 0.435 e. The van der Waals surface area contributed by atoms with Gasteiger partial charge in [0.05, 0.1) is 11.4 Å². The van der Waals surface area contributed by atoms with Crippen LogP contribution in [0.25, 0.3) is 16.9 Å². The molecule has 2 N–H and O–H groups in total. The van der Waals surface area contributed by atoms with Crippen molar-refractivity contribution in [1.82, 2.24) is 9.78 Å². The number of alkyl halides is 3.